The lowest BCUT2D eigenvalue weighted by molar-refractivity contribution is 0.197. The van der Waals surface area contributed by atoms with E-state index in [1.807, 2.05) is 0 Å². The van der Waals surface area contributed by atoms with E-state index in [-0.39, 0.29) is 5.95 Å². The zero-order chi connectivity index (χ0) is 11.1. The van der Waals surface area contributed by atoms with Crippen LogP contribution in [0.2, 0.25) is 0 Å². The summed E-state index contributed by atoms with van der Waals surface area (Å²) < 4.78 is 9.60. The number of rotatable bonds is 3. The molecular formula is C11H13NO3. The highest BCUT2D eigenvalue weighted by Crippen LogP contribution is 2.14. The van der Waals surface area contributed by atoms with Crippen molar-refractivity contribution in [3.05, 3.63) is 17.9 Å². The molecule has 1 aromatic heterocycles. The van der Waals surface area contributed by atoms with Crippen molar-refractivity contribution >= 4 is 6.09 Å². The Labute approximate surface area is 88.4 Å². The molecule has 0 unspecified atom stereocenters. The second-order valence-electron chi connectivity index (χ2n) is 2.95. The van der Waals surface area contributed by atoms with E-state index in [2.05, 4.69) is 23.5 Å². The first-order valence-corrected chi connectivity index (χ1v) is 4.78. The second-order valence-corrected chi connectivity index (χ2v) is 2.95. The lowest BCUT2D eigenvalue weighted by Crippen LogP contribution is -2.15. The number of nitrogens with two attached hydrogens (primary N) is 1. The van der Waals surface area contributed by atoms with Crippen LogP contribution in [0, 0.1) is 11.8 Å². The molecule has 80 valence electrons. The number of unbranched alkanes of at least 4 members (excludes halogenated alkanes) is 2. The molecule has 1 aromatic rings. The minimum Gasteiger partial charge on any atom is -0.417 e. The summed E-state index contributed by atoms with van der Waals surface area (Å²) in [6, 6.07) is 3.14. The van der Waals surface area contributed by atoms with E-state index in [4.69, 9.17) is 10.2 Å². The van der Waals surface area contributed by atoms with Crippen LogP contribution >= 0.6 is 0 Å². The van der Waals surface area contributed by atoms with Gasteiger partial charge in [0.1, 0.15) is 0 Å². The van der Waals surface area contributed by atoms with Gasteiger partial charge in [-0.05, 0) is 18.4 Å². The number of hydrogen-bond donors (Lipinski definition) is 1. The fraction of sp³-hybridized carbons (Fsp3) is 0.364. The van der Waals surface area contributed by atoms with Gasteiger partial charge in [-0.15, -0.1) is 0 Å². The van der Waals surface area contributed by atoms with Gasteiger partial charge >= 0.3 is 6.09 Å². The van der Waals surface area contributed by atoms with Crippen LogP contribution in [-0.2, 0) is 0 Å². The van der Waals surface area contributed by atoms with E-state index < -0.39 is 6.09 Å². The number of furan rings is 1. The standard InChI is InChI=1S/C11H13NO3/c1-2-3-4-5-6-9-7-8-10(14-9)15-11(12)13/h7-8H,2-4H2,1H3,(H2,12,13). The van der Waals surface area contributed by atoms with Crippen LogP contribution in [0.4, 0.5) is 4.79 Å². The predicted octanol–water partition coefficient (Wildman–Crippen LogP) is 2.28. The third-order valence-corrected chi connectivity index (χ3v) is 1.65. The predicted molar refractivity (Wildman–Crippen MR) is 55.3 cm³/mol. The van der Waals surface area contributed by atoms with Gasteiger partial charge in [0.2, 0.25) is 0 Å². The summed E-state index contributed by atoms with van der Waals surface area (Å²) >= 11 is 0. The summed E-state index contributed by atoms with van der Waals surface area (Å²) in [5.74, 6) is 6.32. The molecular weight excluding hydrogens is 194 g/mol. The van der Waals surface area contributed by atoms with E-state index in [0.29, 0.717) is 5.76 Å². The van der Waals surface area contributed by atoms with E-state index >= 15 is 0 Å². The summed E-state index contributed by atoms with van der Waals surface area (Å²) in [6.45, 7) is 2.10. The highest BCUT2D eigenvalue weighted by Gasteiger charge is 2.03. The molecule has 0 spiro atoms. The Morgan fingerprint density at radius 3 is 3.07 bits per heavy atom. The molecule has 4 nitrogen and oxygen atoms in total. The molecule has 1 heterocycles. The molecule has 2 N–H and O–H groups in total. The summed E-state index contributed by atoms with van der Waals surface area (Å²) in [5, 5.41) is 0. The zero-order valence-corrected chi connectivity index (χ0v) is 8.58. The van der Waals surface area contributed by atoms with Crippen LogP contribution < -0.4 is 10.5 Å². The van der Waals surface area contributed by atoms with E-state index in [9.17, 15) is 4.79 Å². The van der Waals surface area contributed by atoms with Crippen molar-refractivity contribution in [2.24, 2.45) is 5.73 Å². The largest absolute Gasteiger partial charge is 0.417 e. The number of carbonyl (C=O) groups is 1. The average Bonchev–Trinajstić information content (AvgIpc) is 2.59. The maximum absolute atomic E-state index is 10.4. The Balaban J connectivity index is 2.51. The normalized spacial score (nSPS) is 9.13. The van der Waals surface area contributed by atoms with Crippen molar-refractivity contribution in [1.29, 1.82) is 0 Å². The Morgan fingerprint density at radius 2 is 2.40 bits per heavy atom. The fourth-order valence-corrected chi connectivity index (χ4v) is 0.956. The Hall–Kier alpha value is -1.89. The molecule has 0 aliphatic carbocycles. The average molecular weight is 207 g/mol. The van der Waals surface area contributed by atoms with Gasteiger partial charge in [-0.1, -0.05) is 19.3 Å². The van der Waals surface area contributed by atoms with Crippen LogP contribution in [0.15, 0.2) is 16.5 Å². The number of primary amides is 1. The van der Waals surface area contributed by atoms with Crippen LogP contribution in [0.5, 0.6) is 5.95 Å². The highest BCUT2D eigenvalue weighted by atomic mass is 16.6. The quantitative estimate of drug-likeness (QED) is 0.610. The van der Waals surface area contributed by atoms with E-state index in [0.717, 1.165) is 19.3 Å². The molecule has 0 aliphatic rings. The lowest BCUT2D eigenvalue weighted by atomic mass is 10.2. The van der Waals surface area contributed by atoms with Crippen LogP contribution in [0.1, 0.15) is 31.9 Å². The maximum atomic E-state index is 10.4. The van der Waals surface area contributed by atoms with Crippen LogP contribution in [-0.4, -0.2) is 6.09 Å². The van der Waals surface area contributed by atoms with Crippen LogP contribution in [0.3, 0.4) is 0 Å². The third-order valence-electron chi connectivity index (χ3n) is 1.65. The highest BCUT2D eigenvalue weighted by molar-refractivity contribution is 5.67. The number of carbonyl (C=O) groups excluding carboxylic acids is 1. The molecule has 0 bridgehead atoms. The monoisotopic (exact) mass is 207 g/mol. The van der Waals surface area contributed by atoms with Crippen molar-refractivity contribution < 1.29 is 13.9 Å². The minimum atomic E-state index is -0.894. The summed E-state index contributed by atoms with van der Waals surface area (Å²) in [7, 11) is 0. The van der Waals surface area contributed by atoms with Gasteiger partial charge < -0.3 is 14.9 Å². The summed E-state index contributed by atoms with van der Waals surface area (Å²) in [6.07, 6.45) is 2.12. The van der Waals surface area contributed by atoms with Gasteiger partial charge in [0, 0.05) is 12.5 Å². The second kappa shape index (κ2) is 5.76. The smallest absolute Gasteiger partial charge is 0.412 e. The van der Waals surface area contributed by atoms with Gasteiger partial charge in [0.05, 0.1) is 0 Å². The maximum Gasteiger partial charge on any atom is 0.412 e. The van der Waals surface area contributed by atoms with E-state index in [1.165, 1.54) is 6.07 Å². The van der Waals surface area contributed by atoms with Crippen molar-refractivity contribution in [1.82, 2.24) is 0 Å². The fourth-order valence-electron chi connectivity index (χ4n) is 0.956. The zero-order valence-electron chi connectivity index (χ0n) is 8.58. The molecule has 0 saturated carbocycles. The number of hydrogen-bond acceptors (Lipinski definition) is 3. The minimum absolute atomic E-state index is 0.0716. The first-order valence-electron chi connectivity index (χ1n) is 4.78. The Bertz CT molecular complexity index is 384. The first-order chi connectivity index (χ1) is 7.22. The number of ether oxygens (including phenoxy) is 1. The van der Waals surface area contributed by atoms with Crippen molar-refractivity contribution in [2.75, 3.05) is 0 Å². The molecule has 0 fully saturated rings. The molecule has 0 aromatic carbocycles. The molecule has 0 saturated heterocycles. The molecule has 0 aliphatic heterocycles. The van der Waals surface area contributed by atoms with Gasteiger partial charge in [0.15, 0.2) is 5.76 Å². The molecule has 0 radical (unpaired) electrons. The van der Waals surface area contributed by atoms with Gasteiger partial charge in [-0.2, -0.15) is 0 Å². The lowest BCUT2D eigenvalue weighted by Gasteiger charge is -1.91. The SMILES string of the molecule is CCCCC#Cc1ccc(OC(N)=O)o1. The van der Waals surface area contributed by atoms with Gasteiger partial charge in [0.25, 0.3) is 5.95 Å². The molecule has 1 rings (SSSR count). The Morgan fingerprint density at radius 1 is 1.60 bits per heavy atom. The van der Waals surface area contributed by atoms with Crippen molar-refractivity contribution in [2.45, 2.75) is 26.2 Å². The molecule has 1 amide bonds. The van der Waals surface area contributed by atoms with Gasteiger partial charge in [-0.3, -0.25) is 0 Å². The summed E-state index contributed by atoms with van der Waals surface area (Å²) in [5.41, 5.74) is 4.82. The van der Waals surface area contributed by atoms with Crippen LogP contribution in [0.25, 0.3) is 0 Å². The molecule has 15 heavy (non-hydrogen) atoms. The number of amides is 1. The van der Waals surface area contributed by atoms with E-state index in [1.54, 1.807) is 6.07 Å². The third kappa shape index (κ3) is 4.23. The summed E-state index contributed by atoms with van der Waals surface area (Å²) in [4.78, 5) is 10.4. The topological polar surface area (TPSA) is 65.5 Å². The van der Waals surface area contributed by atoms with Crippen molar-refractivity contribution in [3.8, 4) is 17.8 Å². The molecule has 4 heteroatoms. The van der Waals surface area contributed by atoms with Crippen molar-refractivity contribution in [3.63, 3.8) is 0 Å². The Kier molecular flexibility index (Phi) is 4.30. The first kappa shape index (κ1) is 11.2. The molecule has 0 atom stereocenters. The van der Waals surface area contributed by atoms with Gasteiger partial charge in [-0.25, -0.2) is 4.79 Å².